The molecule has 0 saturated heterocycles. The zero-order chi connectivity index (χ0) is 25.5. The second-order valence-electron chi connectivity index (χ2n) is 9.29. The normalized spacial score (nSPS) is 16.8. The lowest BCUT2D eigenvalue weighted by atomic mass is 9.79. The second-order valence-corrected chi connectivity index (χ2v) is 9.29. The summed E-state index contributed by atoms with van der Waals surface area (Å²) in [7, 11) is 1.69. The second kappa shape index (κ2) is 12.0. The van der Waals surface area contributed by atoms with Gasteiger partial charge in [0.2, 0.25) is 17.6 Å². The van der Waals surface area contributed by atoms with Crippen LogP contribution in [0.4, 0.5) is 0 Å². The maximum atomic E-state index is 13.6. The van der Waals surface area contributed by atoms with E-state index >= 15 is 0 Å². The fourth-order valence-corrected chi connectivity index (χ4v) is 4.62. The van der Waals surface area contributed by atoms with Crippen molar-refractivity contribution in [1.29, 1.82) is 5.41 Å². The van der Waals surface area contributed by atoms with Crippen LogP contribution in [0.3, 0.4) is 0 Å². The number of benzene rings is 1. The molecule has 35 heavy (non-hydrogen) atoms. The van der Waals surface area contributed by atoms with Gasteiger partial charge in [-0.25, -0.2) is 4.98 Å². The van der Waals surface area contributed by atoms with E-state index in [-0.39, 0.29) is 34.9 Å². The van der Waals surface area contributed by atoms with Crippen LogP contribution in [0.25, 0.3) is 0 Å². The summed E-state index contributed by atoms with van der Waals surface area (Å²) >= 11 is 0. The predicted molar refractivity (Wildman–Crippen MR) is 134 cm³/mol. The molecule has 1 fully saturated rings. The number of oxazole rings is 1. The van der Waals surface area contributed by atoms with E-state index in [0.717, 1.165) is 32.1 Å². The predicted octanol–water partition coefficient (Wildman–Crippen LogP) is 3.97. The summed E-state index contributed by atoms with van der Waals surface area (Å²) in [4.78, 5) is 43.6. The van der Waals surface area contributed by atoms with Crippen molar-refractivity contribution in [3.8, 4) is 0 Å². The smallest absolute Gasteiger partial charge is 0.237 e. The molecule has 2 aromatic rings. The van der Waals surface area contributed by atoms with Crippen LogP contribution in [-0.2, 0) is 9.59 Å². The van der Waals surface area contributed by atoms with Gasteiger partial charge in [0.25, 0.3) is 0 Å². The Bertz CT molecular complexity index is 1060. The first-order valence-corrected chi connectivity index (χ1v) is 12.5. The van der Waals surface area contributed by atoms with Gasteiger partial charge in [-0.05, 0) is 46.1 Å². The van der Waals surface area contributed by atoms with Crippen LogP contribution < -0.4 is 10.6 Å². The lowest BCUT2D eigenvalue weighted by Crippen LogP contribution is -2.53. The summed E-state index contributed by atoms with van der Waals surface area (Å²) in [6.07, 6.45) is 5.19. The number of hydrogen-bond acceptors (Lipinski definition) is 7. The average Bonchev–Trinajstić information content (AvgIpc) is 3.27. The summed E-state index contributed by atoms with van der Waals surface area (Å²) in [5.41, 5.74) is 0.527. The van der Waals surface area contributed by atoms with E-state index in [1.807, 2.05) is 13.0 Å². The highest BCUT2D eigenvalue weighted by Crippen LogP contribution is 2.30. The Balaban J connectivity index is 1.86. The molecule has 188 valence electrons. The van der Waals surface area contributed by atoms with Gasteiger partial charge < -0.3 is 20.5 Å². The fourth-order valence-electron chi connectivity index (χ4n) is 4.62. The molecule has 1 aliphatic carbocycles. The number of nitrogens with one attached hydrogen (secondary N) is 3. The number of hydrogen-bond donors (Lipinski definition) is 3. The number of carbonyl (C=O) groups is 3. The summed E-state index contributed by atoms with van der Waals surface area (Å²) in [6, 6.07) is 7.60. The van der Waals surface area contributed by atoms with Crippen LogP contribution in [-0.4, -0.2) is 47.3 Å². The number of carbonyl (C=O) groups excluding carboxylic acids is 3. The van der Waals surface area contributed by atoms with Gasteiger partial charge in [0.1, 0.15) is 5.76 Å². The van der Waals surface area contributed by atoms with Crippen LogP contribution in [0, 0.1) is 18.3 Å². The Hall–Kier alpha value is -3.13. The van der Waals surface area contributed by atoms with E-state index in [0.29, 0.717) is 17.7 Å². The summed E-state index contributed by atoms with van der Waals surface area (Å²) in [5.74, 6) is -1.12. The SMILES string of the molecule is CC[C@@H](C(=N)C(=O)[C@@H](NC(=O)[C@H](C)NC)C1CCCCC1)c1nc(C(=O)c2ccccc2)c(C)o1. The molecule has 0 unspecified atom stereocenters. The van der Waals surface area contributed by atoms with Crippen molar-refractivity contribution in [3.63, 3.8) is 0 Å². The third-order valence-corrected chi connectivity index (χ3v) is 6.91. The fraction of sp³-hybridized carbons (Fsp3) is 0.519. The minimum atomic E-state index is -0.762. The van der Waals surface area contributed by atoms with E-state index in [4.69, 9.17) is 9.83 Å². The molecule has 8 heteroatoms. The number of Topliss-reactive ketones (excluding diaryl/α,β-unsaturated/α-hetero) is 1. The first-order chi connectivity index (χ1) is 16.8. The molecule has 1 saturated carbocycles. The highest BCUT2D eigenvalue weighted by molar-refractivity contribution is 6.42. The highest BCUT2D eigenvalue weighted by atomic mass is 16.4. The number of rotatable bonds is 11. The van der Waals surface area contributed by atoms with E-state index in [9.17, 15) is 14.4 Å². The third kappa shape index (κ3) is 6.11. The van der Waals surface area contributed by atoms with E-state index in [1.54, 1.807) is 45.2 Å². The molecule has 1 heterocycles. The lowest BCUT2D eigenvalue weighted by Gasteiger charge is -2.31. The standard InChI is InChI=1S/C27H36N4O4/c1-5-20(27-31-22(17(3)35-27)24(32)19-14-10-7-11-15-19)21(28)25(33)23(18-12-8-6-9-13-18)30-26(34)16(2)29-4/h7,10-11,14-16,18,20,23,28-29H,5-6,8-9,12-13H2,1-4H3,(H,30,34)/t16-,20-,23-/m0/s1. The number of ketones is 2. The third-order valence-electron chi connectivity index (χ3n) is 6.91. The van der Waals surface area contributed by atoms with Crippen molar-refractivity contribution in [2.45, 2.75) is 77.3 Å². The summed E-state index contributed by atoms with van der Waals surface area (Å²) < 4.78 is 5.82. The van der Waals surface area contributed by atoms with Gasteiger partial charge in [0.15, 0.2) is 11.5 Å². The Labute approximate surface area is 206 Å². The molecule has 1 aromatic heterocycles. The zero-order valence-corrected chi connectivity index (χ0v) is 21.0. The van der Waals surface area contributed by atoms with Crippen molar-refractivity contribution in [2.75, 3.05) is 7.05 Å². The maximum Gasteiger partial charge on any atom is 0.237 e. The molecule has 3 rings (SSSR count). The van der Waals surface area contributed by atoms with Gasteiger partial charge in [0.05, 0.1) is 23.7 Å². The van der Waals surface area contributed by atoms with Gasteiger partial charge >= 0.3 is 0 Å². The molecule has 3 N–H and O–H groups in total. The van der Waals surface area contributed by atoms with Crippen LogP contribution in [0.15, 0.2) is 34.7 Å². The van der Waals surface area contributed by atoms with Gasteiger partial charge in [0, 0.05) is 5.56 Å². The van der Waals surface area contributed by atoms with Crippen LogP contribution in [0.2, 0.25) is 0 Å². The van der Waals surface area contributed by atoms with Crippen LogP contribution in [0.5, 0.6) is 0 Å². The lowest BCUT2D eigenvalue weighted by molar-refractivity contribution is -0.127. The summed E-state index contributed by atoms with van der Waals surface area (Å²) in [6.45, 7) is 5.25. The molecule has 1 aliphatic rings. The number of likely N-dealkylation sites (N-methyl/N-ethyl adjacent to an activating group) is 1. The van der Waals surface area contributed by atoms with Gasteiger partial charge in [-0.2, -0.15) is 0 Å². The van der Waals surface area contributed by atoms with Crippen molar-refractivity contribution >= 4 is 23.2 Å². The molecule has 0 spiro atoms. The monoisotopic (exact) mass is 480 g/mol. The Morgan fingerprint density at radius 3 is 2.40 bits per heavy atom. The first-order valence-electron chi connectivity index (χ1n) is 12.5. The van der Waals surface area contributed by atoms with E-state index < -0.39 is 23.8 Å². The molecule has 0 radical (unpaired) electrons. The first kappa shape index (κ1) is 26.5. The van der Waals surface area contributed by atoms with Gasteiger partial charge in [-0.1, -0.05) is 56.5 Å². The quantitative estimate of drug-likeness (QED) is 0.330. The van der Waals surface area contributed by atoms with Crippen molar-refractivity contribution in [3.05, 3.63) is 53.2 Å². The molecule has 0 aliphatic heterocycles. The van der Waals surface area contributed by atoms with Crippen LogP contribution in [0.1, 0.15) is 86.0 Å². The number of aryl methyl sites for hydroxylation is 1. The minimum absolute atomic E-state index is 0.0105. The molecule has 3 atom stereocenters. The molecule has 1 amide bonds. The Morgan fingerprint density at radius 1 is 1.14 bits per heavy atom. The van der Waals surface area contributed by atoms with Crippen LogP contribution >= 0.6 is 0 Å². The molecular formula is C27H36N4O4. The Morgan fingerprint density at radius 2 is 1.80 bits per heavy atom. The van der Waals surface area contributed by atoms with Crippen molar-refractivity contribution < 1.29 is 18.8 Å². The minimum Gasteiger partial charge on any atom is -0.444 e. The summed E-state index contributed by atoms with van der Waals surface area (Å²) in [5, 5.41) is 14.6. The average molecular weight is 481 g/mol. The Kier molecular flexibility index (Phi) is 9.09. The van der Waals surface area contributed by atoms with Crippen molar-refractivity contribution in [1.82, 2.24) is 15.6 Å². The molecule has 8 nitrogen and oxygen atoms in total. The molecule has 1 aromatic carbocycles. The van der Waals surface area contributed by atoms with E-state index in [1.165, 1.54) is 0 Å². The topological polar surface area (TPSA) is 125 Å². The largest absolute Gasteiger partial charge is 0.444 e. The maximum absolute atomic E-state index is 13.6. The van der Waals surface area contributed by atoms with Crippen molar-refractivity contribution in [2.24, 2.45) is 5.92 Å². The number of nitrogens with zero attached hydrogens (tertiary/aromatic N) is 1. The molecular weight excluding hydrogens is 444 g/mol. The number of amides is 1. The zero-order valence-electron chi connectivity index (χ0n) is 21.0. The van der Waals surface area contributed by atoms with Gasteiger partial charge in [-0.3, -0.25) is 14.4 Å². The highest BCUT2D eigenvalue weighted by Gasteiger charge is 2.37. The molecule has 0 bridgehead atoms. The van der Waals surface area contributed by atoms with E-state index in [2.05, 4.69) is 15.6 Å². The number of aromatic nitrogens is 1. The van der Waals surface area contributed by atoms with Gasteiger partial charge in [-0.15, -0.1) is 0 Å².